The molecule has 29 heavy (non-hydrogen) atoms. The van der Waals surface area contributed by atoms with Crippen LogP contribution in [0.2, 0.25) is 0 Å². The van der Waals surface area contributed by atoms with Gasteiger partial charge in [-0.05, 0) is 58.7 Å². The van der Waals surface area contributed by atoms with Gasteiger partial charge in [0.15, 0.2) is 17.3 Å². The first kappa shape index (κ1) is 19.4. The van der Waals surface area contributed by atoms with Crippen LogP contribution in [0.4, 0.5) is 4.79 Å². The average molecular weight is 397 g/mol. The summed E-state index contributed by atoms with van der Waals surface area (Å²) in [6.07, 6.45) is 1.36. The van der Waals surface area contributed by atoms with E-state index in [1.165, 1.54) is 0 Å². The number of likely N-dealkylation sites (tertiary alicyclic amines) is 1. The molecule has 0 radical (unpaired) electrons. The minimum absolute atomic E-state index is 0.178. The summed E-state index contributed by atoms with van der Waals surface area (Å²) in [6.45, 7) is 10.7. The molecule has 2 aromatic heterocycles. The Bertz CT molecular complexity index is 1040. The van der Waals surface area contributed by atoms with E-state index in [9.17, 15) is 4.79 Å². The van der Waals surface area contributed by atoms with E-state index in [1.54, 1.807) is 4.90 Å². The van der Waals surface area contributed by atoms with Crippen molar-refractivity contribution in [1.82, 2.24) is 24.6 Å². The quantitative estimate of drug-likeness (QED) is 0.642. The van der Waals surface area contributed by atoms with Crippen molar-refractivity contribution in [2.75, 3.05) is 13.1 Å². The van der Waals surface area contributed by atoms with Crippen LogP contribution in [-0.4, -0.2) is 49.4 Å². The molecule has 0 spiro atoms. The summed E-state index contributed by atoms with van der Waals surface area (Å²) < 4.78 is 13.2. The summed E-state index contributed by atoms with van der Waals surface area (Å²) in [7, 11) is 0. The Kier molecular flexibility index (Phi) is 4.80. The monoisotopic (exact) mass is 397 g/mol. The van der Waals surface area contributed by atoms with Crippen LogP contribution in [-0.2, 0) is 4.74 Å². The predicted molar refractivity (Wildman–Crippen MR) is 109 cm³/mol. The molecule has 4 rings (SSSR count). The zero-order chi connectivity index (χ0) is 20.8. The Morgan fingerprint density at radius 1 is 1.17 bits per heavy atom. The Balaban J connectivity index is 1.54. The van der Waals surface area contributed by atoms with Crippen molar-refractivity contribution in [3.05, 3.63) is 29.9 Å². The van der Waals surface area contributed by atoms with Gasteiger partial charge in [0.2, 0.25) is 0 Å². The van der Waals surface area contributed by atoms with Crippen molar-refractivity contribution in [1.29, 1.82) is 0 Å². The first-order valence-corrected chi connectivity index (χ1v) is 9.98. The average Bonchev–Trinajstić information content (AvgIpc) is 3.21. The molecule has 8 nitrogen and oxygen atoms in total. The van der Waals surface area contributed by atoms with E-state index in [2.05, 4.69) is 15.1 Å². The number of benzene rings is 1. The molecule has 1 saturated heterocycles. The van der Waals surface area contributed by atoms with Crippen LogP contribution in [0.1, 0.15) is 51.4 Å². The molecule has 154 valence electrons. The molecule has 0 aliphatic carbocycles. The summed E-state index contributed by atoms with van der Waals surface area (Å²) >= 11 is 0. The van der Waals surface area contributed by atoms with Gasteiger partial charge < -0.3 is 14.1 Å². The van der Waals surface area contributed by atoms with Crippen molar-refractivity contribution in [2.24, 2.45) is 0 Å². The van der Waals surface area contributed by atoms with Gasteiger partial charge in [-0.25, -0.2) is 19.4 Å². The minimum atomic E-state index is -0.484. The van der Waals surface area contributed by atoms with Crippen LogP contribution < -0.4 is 0 Å². The molecule has 0 atom stereocenters. The number of nitrogens with zero attached hydrogens (tertiary/aromatic N) is 5. The van der Waals surface area contributed by atoms with E-state index >= 15 is 0 Å². The fraction of sp³-hybridized carbons (Fsp3) is 0.524. The molecule has 1 amide bonds. The summed E-state index contributed by atoms with van der Waals surface area (Å²) in [5, 5.41) is 4.65. The second kappa shape index (κ2) is 7.17. The standard InChI is InChI=1S/C21H27N5O3/c1-13-22-19(15-6-7-17-18(12-15)28-14(2)23-17)26(24-13)16-8-10-25(11-9-16)20(27)29-21(3,4)5/h6-7,12,16H,8-11H2,1-5H3. The lowest BCUT2D eigenvalue weighted by atomic mass is 10.0. The van der Waals surface area contributed by atoms with E-state index in [0.717, 1.165) is 41.2 Å². The highest BCUT2D eigenvalue weighted by atomic mass is 16.6. The Morgan fingerprint density at radius 3 is 2.59 bits per heavy atom. The maximum Gasteiger partial charge on any atom is 0.410 e. The van der Waals surface area contributed by atoms with Crippen LogP contribution >= 0.6 is 0 Å². The summed E-state index contributed by atoms with van der Waals surface area (Å²) in [6, 6.07) is 6.09. The molecular formula is C21H27N5O3. The van der Waals surface area contributed by atoms with Crippen LogP contribution in [0.3, 0.4) is 0 Å². The first-order chi connectivity index (χ1) is 13.7. The Labute approximate surface area is 169 Å². The molecule has 1 aliphatic rings. The lowest BCUT2D eigenvalue weighted by Gasteiger charge is -2.33. The van der Waals surface area contributed by atoms with Gasteiger partial charge in [0.05, 0.1) is 6.04 Å². The Morgan fingerprint density at radius 2 is 1.90 bits per heavy atom. The molecule has 0 unspecified atom stereocenters. The SMILES string of the molecule is Cc1nc(-c2ccc3nc(C)oc3c2)n(C2CCN(C(=O)OC(C)(C)C)CC2)n1. The van der Waals surface area contributed by atoms with E-state index in [1.807, 2.05) is 57.5 Å². The number of ether oxygens (including phenoxy) is 1. The molecule has 8 heteroatoms. The van der Waals surface area contributed by atoms with Crippen molar-refractivity contribution in [3.8, 4) is 11.4 Å². The molecule has 1 aliphatic heterocycles. The molecule has 3 aromatic rings. The van der Waals surface area contributed by atoms with Crippen LogP contribution in [0.25, 0.3) is 22.5 Å². The highest BCUT2D eigenvalue weighted by molar-refractivity contribution is 5.78. The summed E-state index contributed by atoms with van der Waals surface area (Å²) in [5.41, 5.74) is 2.04. The van der Waals surface area contributed by atoms with Gasteiger partial charge in [0, 0.05) is 25.6 Å². The number of carbonyl (C=O) groups is 1. The maximum atomic E-state index is 12.3. The normalized spacial score (nSPS) is 15.8. The maximum absolute atomic E-state index is 12.3. The minimum Gasteiger partial charge on any atom is -0.444 e. The van der Waals surface area contributed by atoms with E-state index in [-0.39, 0.29) is 12.1 Å². The fourth-order valence-electron chi connectivity index (χ4n) is 3.68. The van der Waals surface area contributed by atoms with Crippen LogP contribution in [0, 0.1) is 13.8 Å². The summed E-state index contributed by atoms with van der Waals surface area (Å²) in [5.74, 6) is 2.18. The third kappa shape index (κ3) is 4.11. The highest BCUT2D eigenvalue weighted by Gasteiger charge is 2.29. The highest BCUT2D eigenvalue weighted by Crippen LogP contribution is 2.30. The topological polar surface area (TPSA) is 86.3 Å². The van der Waals surface area contributed by atoms with Gasteiger partial charge >= 0.3 is 6.09 Å². The number of piperidine rings is 1. The molecular weight excluding hydrogens is 370 g/mol. The molecule has 1 fully saturated rings. The van der Waals surface area contributed by atoms with Crippen molar-refractivity contribution >= 4 is 17.2 Å². The van der Waals surface area contributed by atoms with Gasteiger partial charge in [-0.15, -0.1) is 0 Å². The number of fused-ring (bicyclic) bond motifs is 1. The smallest absolute Gasteiger partial charge is 0.410 e. The largest absolute Gasteiger partial charge is 0.444 e. The number of oxazole rings is 1. The van der Waals surface area contributed by atoms with Crippen LogP contribution in [0.15, 0.2) is 22.6 Å². The second-order valence-electron chi connectivity index (χ2n) is 8.54. The second-order valence-corrected chi connectivity index (χ2v) is 8.54. The number of aromatic nitrogens is 4. The van der Waals surface area contributed by atoms with E-state index < -0.39 is 5.60 Å². The number of rotatable bonds is 2. The zero-order valence-corrected chi connectivity index (χ0v) is 17.6. The number of hydrogen-bond acceptors (Lipinski definition) is 6. The Hall–Kier alpha value is -2.90. The lowest BCUT2D eigenvalue weighted by Crippen LogP contribution is -2.42. The zero-order valence-electron chi connectivity index (χ0n) is 17.6. The predicted octanol–water partition coefficient (Wildman–Crippen LogP) is 4.28. The lowest BCUT2D eigenvalue weighted by molar-refractivity contribution is 0.0185. The number of amides is 1. The van der Waals surface area contributed by atoms with E-state index in [4.69, 9.17) is 9.15 Å². The molecule has 0 saturated carbocycles. The van der Waals surface area contributed by atoms with Crippen molar-refractivity contribution in [2.45, 2.75) is 59.1 Å². The molecule has 0 N–H and O–H groups in total. The summed E-state index contributed by atoms with van der Waals surface area (Å²) in [4.78, 5) is 23.1. The van der Waals surface area contributed by atoms with Gasteiger partial charge in [0.25, 0.3) is 0 Å². The fourth-order valence-corrected chi connectivity index (χ4v) is 3.68. The van der Waals surface area contributed by atoms with Gasteiger partial charge in [-0.1, -0.05) is 0 Å². The van der Waals surface area contributed by atoms with Gasteiger partial charge in [-0.3, -0.25) is 0 Å². The molecule has 3 heterocycles. The van der Waals surface area contributed by atoms with Crippen molar-refractivity contribution in [3.63, 3.8) is 0 Å². The first-order valence-electron chi connectivity index (χ1n) is 9.98. The third-order valence-corrected chi connectivity index (χ3v) is 4.95. The van der Waals surface area contributed by atoms with E-state index in [0.29, 0.717) is 19.0 Å². The number of carbonyl (C=O) groups excluding carboxylic acids is 1. The molecule has 0 bridgehead atoms. The number of aryl methyl sites for hydroxylation is 2. The van der Waals surface area contributed by atoms with Gasteiger partial charge in [-0.2, -0.15) is 5.10 Å². The van der Waals surface area contributed by atoms with Crippen LogP contribution in [0.5, 0.6) is 0 Å². The molecule has 1 aromatic carbocycles. The third-order valence-electron chi connectivity index (χ3n) is 4.95. The van der Waals surface area contributed by atoms with Crippen molar-refractivity contribution < 1.29 is 13.9 Å². The van der Waals surface area contributed by atoms with Gasteiger partial charge in [0.1, 0.15) is 16.9 Å². The number of hydrogen-bond donors (Lipinski definition) is 0.